The molecule has 58 heavy (non-hydrogen) atoms. The fraction of sp³-hybridized carbons (Fsp3) is 0.700. The van der Waals surface area contributed by atoms with Gasteiger partial charge in [-0.1, -0.05) is 145 Å². The van der Waals surface area contributed by atoms with Gasteiger partial charge >= 0.3 is 17.9 Å². The van der Waals surface area contributed by atoms with Crippen molar-refractivity contribution in [2.75, 3.05) is 41.0 Å². The van der Waals surface area contributed by atoms with Crippen LogP contribution in [-0.2, 0) is 28.6 Å². The van der Waals surface area contributed by atoms with Crippen molar-refractivity contribution >= 4 is 17.9 Å². The Morgan fingerprint density at radius 3 is 1.43 bits per heavy atom. The van der Waals surface area contributed by atoms with Crippen molar-refractivity contribution in [2.45, 2.75) is 187 Å². The number of hydrogen-bond donors (Lipinski definition) is 1. The lowest BCUT2D eigenvalue weighted by atomic mass is 10.1. The molecule has 0 amide bonds. The monoisotopic (exact) mass is 813 g/mol. The SMILES string of the molecule is CC/C=C\C/C=C\C/C=C\CCCCCCCC(=O)OCC(COCCC(C(=O)O)[N+](C)(C)C)OC(=O)CCCCCCCC/C=C\C/C=C\C/C=C\CCCCC. The van der Waals surface area contributed by atoms with Crippen molar-refractivity contribution in [3.63, 3.8) is 0 Å². The second-order valence-electron chi connectivity index (χ2n) is 16.3. The molecule has 0 saturated carbocycles. The molecule has 1 N–H and O–H groups in total. The summed E-state index contributed by atoms with van der Waals surface area (Å²) in [6.45, 7) is 4.56. The average Bonchev–Trinajstić information content (AvgIpc) is 3.18. The number of nitrogens with zero attached hydrogens (tertiary/aromatic N) is 1. The molecule has 0 spiro atoms. The quantitative estimate of drug-likeness (QED) is 0.0285. The van der Waals surface area contributed by atoms with Crippen LogP contribution in [0.4, 0.5) is 0 Å². The highest BCUT2D eigenvalue weighted by Gasteiger charge is 2.31. The number of carboxylic acid groups (broad SMARTS) is 1. The summed E-state index contributed by atoms with van der Waals surface area (Å²) in [4.78, 5) is 37.0. The zero-order valence-corrected chi connectivity index (χ0v) is 37.7. The Morgan fingerprint density at radius 2 is 0.966 bits per heavy atom. The summed E-state index contributed by atoms with van der Waals surface area (Å²) in [6.07, 6.45) is 50.8. The van der Waals surface area contributed by atoms with Crippen LogP contribution in [0.25, 0.3) is 0 Å². The van der Waals surface area contributed by atoms with Gasteiger partial charge in [-0.15, -0.1) is 0 Å². The maximum atomic E-state index is 12.7. The van der Waals surface area contributed by atoms with Gasteiger partial charge in [0.2, 0.25) is 0 Å². The van der Waals surface area contributed by atoms with Crippen LogP contribution in [0.5, 0.6) is 0 Å². The molecule has 0 aliphatic rings. The normalized spacial score (nSPS) is 13.6. The Labute approximate surface area is 355 Å². The van der Waals surface area contributed by atoms with E-state index in [1.807, 2.05) is 21.1 Å². The molecule has 0 radical (unpaired) electrons. The Morgan fingerprint density at radius 1 is 0.534 bits per heavy atom. The third-order valence-corrected chi connectivity index (χ3v) is 9.84. The molecule has 8 nitrogen and oxygen atoms in total. The minimum Gasteiger partial charge on any atom is -0.477 e. The van der Waals surface area contributed by atoms with E-state index in [4.69, 9.17) is 14.2 Å². The lowest BCUT2D eigenvalue weighted by Gasteiger charge is -2.31. The van der Waals surface area contributed by atoms with E-state index in [9.17, 15) is 19.5 Å². The van der Waals surface area contributed by atoms with Crippen molar-refractivity contribution in [1.29, 1.82) is 0 Å². The lowest BCUT2D eigenvalue weighted by Crippen LogP contribution is -2.50. The van der Waals surface area contributed by atoms with Crippen molar-refractivity contribution in [3.05, 3.63) is 72.9 Å². The molecule has 0 aromatic carbocycles. The van der Waals surface area contributed by atoms with E-state index in [2.05, 4.69) is 86.8 Å². The first kappa shape index (κ1) is 54.8. The van der Waals surface area contributed by atoms with Crippen LogP contribution in [0.1, 0.15) is 174 Å². The summed E-state index contributed by atoms with van der Waals surface area (Å²) in [7, 11) is 5.51. The van der Waals surface area contributed by atoms with Gasteiger partial charge in [-0.3, -0.25) is 9.59 Å². The van der Waals surface area contributed by atoms with Crippen LogP contribution in [0.3, 0.4) is 0 Å². The van der Waals surface area contributed by atoms with Crippen molar-refractivity contribution < 1.29 is 38.2 Å². The van der Waals surface area contributed by atoms with Crippen molar-refractivity contribution in [1.82, 2.24) is 0 Å². The first-order chi connectivity index (χ1) is 28.1. The molecule has 0 heterocycles. The lowest BCUT2D eigenvalue weighted by molar-refractivity contribution is -0.887. The number of carbonyl (C=O) groups is 3. The molecule has 0 saturated heterocycles. The van der Waals surface area contributed by atoms with Crippen molar-refractivity contribution in [2.24, 2.45) is 0 Å². The van der Waals surface area contributed by atoms with Gasteiger partial charge in [0.05, 0.1) is 34.4 Å². The number of quaternary nitrogens is 1. The Balaban J connectivity index is 4.38. The van der Waals surface area contributed by atoms with Crippen LogP contribution in [0, 0.1) is 0 Å². The Bertz CT molecular complexity index is 1180. The molecule has 0 aliphatic carbocycles. The van der Waals surface area contributed by atoms with Crippen LogP contribution < -0.4 is 0 Å². The van der Waals surface area contributed by atoms with Crippen LogP contribution in [0.2, 0.25) is 0 Å². The highest BCUT2D eigenvalue weighted by atomic mass is 16.6. The molecule has 2 unspecified atom stereocenters. The molecular formula is C50H86NO7+. The van der Waals surface area contributed by atoms with E-state index in [1.54, 1.807) is 0 Å². The number of aliphatic carboxylic acids is 1. The van der Waals surface area contributed by atoms with Gasteiger partial charge in [-0.2, -0.15) is 0 Å². The standard InChI is InChI=1S/C50H85NO7/c1-6-8-10-12-14-16-18-20-22-23-24-25-27-29-31-33-35-37-39-41-49(53)58-46(44-56-43-42-47(50(54)55)51(3,4)5)45-57-48(52)40-38-36-34-32-30-28-26-21-19-17-15-13-11-9-7-2/h9,11,14-17,20-22,24-26,46-47H,6-8,10,12-13,18-19,23,27-45H2,1-5H3/p+1/b11-9-,16-14-,17-15-,22-20-,25-24-,26-21-. The van der Waals surface area contributed by atoms with E-state index in [0.717, 1.165) is 103 Å². The number of allylic oxidation sites excluding steroid dienone is 12. The summed E-state index contributed by atoms with van der Waals surface area (Å²) in [5.74, 6) is -1.51. The van der Waals surface area contributed by atoms with E-state index >= 15 is 0 Å². The number of hydrogen-bond acceptors (Lipinski definition) is 6. The highest BCUT2D eigenvalue weighted by Crippen LogP contribution is 2.13. The van der Waals surface area contributed by atoms with Gasteiger partial charge in [0, 0.05) is 19.3 Å². The third-order valence-electron chi connectivity index (χ3n) is 9.84. The molecule has 0 fully saturated rings. The fourth-order valence-corrected chi connectivity index (χ4v) is 6.29. The summed E-state index contributed by atoms with van der Waals surface area (Å²) in [5, 5.41) is 9.63. The molecule has 8 heteroatoms. The van der Waals surface area contributed by atoms with E-state index in [-0.39, 0.29) is 36.2 Å². The zero-order valence-electron chi connectivity index (χ0n) is 37.7. The minimum atomic E-state index is -0.883. The summed E-state index contributed by atoms with van der Waals surface area (Å²) < 4.78 is 17.3. The number of ether oxygens (including phenoxy) is 3. The number of esters is 2. The highest BCUT2D eigenvalue weighted by molar-refractivity contribution is 5.72. The average molecular weight is 813 g/mol. The van der Waals surface area contributed by atoms with Crippen LogP contribution in [0.15, 0.2) is 72.9 Å². The summed E-state index contributed by atoms with van der Waals surface area (Å²) in [6, 6.07) is -0.623. The number of carboxylic acids is 1. The maximum absolute atomic E-state index is 12.7. The van der Waals surface area contributed by atoms with Gasteiger partial charge in [-0.05, 0) is 83.5 Å². The molecule has 0 aromatic rings. The molecule has 0 aromatic heterocycles. The van der Waals surface area contributed by atoms with Gasteiger partial charge < -0.3 is 23.8 Å². The number of rotatable bonds is 40. The smallest absolute Gasteiger partial charge is 0.362 e. The zero-order chi connectivity index (χ0) is 42.8. The summed E-state index contributed by atoms with van der Waals surface area (Å²) in [5.41, 5.74) is 0. The number of likely N-dealkylation sites (N-methyl/N-ethyl adjacent to an activating group) is 1. The largest absolute Gasteiger partial charge is 0.477 e. The third kappa shape index (κ3) is 38.3. The molecular weight excluding hydrogens is 727 g/mol. The molecule has 0 rings (SSSR count). The van der Waals surface area contributed by atoms with Gasteiger partial charge in [0.25, 0.3) is 0 Å². The van der Waals surface area contributed by atoms with E-state index in [0.29, 0.717) is 19.3 Å². The summed E-state index contributed by atoms with van der Waals surface area (Å²) >= 11 is 0. The van der Waals surface area contributed by atoms with Gasteiger partial charge in [0.15, 0.2) is 12.1 Å². The molecule has 0 bridgehead atoms. The first-order valence-corrected chi connectivity index (χ1v) is 23.0. The molecule has 332 valence electrons. The van der Waals surface area contributed by atoms with Crippen molar-refractivity contribution in [3.8, 4) is 0 Å². The second kappa shape index (κ2) is 40.5. The molecule has 0 aliphatic heterocycles. The minimum absolute atomic E-state index is 0.0464. The van der Waals surface area contributed by atoms with Crippen LogP contribution in [-0.4, -0.2) is 80.6 Å². The number of unbranched alkanes of at least 4 members (excludes halogenated alkanes) is 14. The predicted octanol–water partition coefficient (Wildman–Crippen LogP) is 12.7. The second-order valence-corrected chi connectivity index (χ2v) is 16.3. The maximum Gasteiger partial charge on any atom is 0.362 e. The van der Waals surface area contributed by atoms with E-state index in [1.165, 1.54) is 38.5 Å². The fourth-order valence-electron chi connectivity index (χ4n) is 6.29. The Hall–Kier alpha value is -3.23. The van der Waals surface area contributed by atoms with Gasteiger partial charge in [0.1, 0.15) is 6.61 Å². The topological polar surface area (TPSA) is 99.1 Å². The van der Waals surface area contributed by atoms with E-state index < -0.39 is 18.1 Å². The molecule has 2 atom stereocenters. The van der Waals surface area contributed by atoms with Crippen LogP contribution >= 0.6 is 0 Å². The Kier molecular flexibility index (Phi) is 38.3. The predicted molar refractivity (Wildman–Crippen MR) is 243 cm³/mol. The first-order valence-electron chi connectivity index (χ1n) is 23.0. The number of carbonyl (C=O) groups excluding carboxylic acids is 2. The van der Waals surface area contributed by atoms with Gasteiger partial charge in [-0.25, -0.2) is 4.79 Å².